The fourth-order valence-electron chi connectivity index (χ4n) is 4.36. The van der Waals surface area contributed by atoms with Crippen LogP contribution in [-0.2, 0) is 10.0 Å². The van der Waals surface area contributed by atoms with Gasteiger partial charge in [0, 0.05) is 38.8 Å². The van der Waals surface area contributed by atoms with Crippen LogP contribution in [0.2, 0.25) is 0 Å². The number of pyridine rings is 3. The molecule has 1 saturated heterocycles. The molecular weight excluding hydrogens is 579 g/mol. The van der Waals surface area contributed by atoms with Crippen LogP contribution in [-0.4, -0.2) is 36.5 Å². The predicted octanol–water partition coefficient (Wildman–Crippen LogP) is 3.45. The van der Waals surface area contributed by atoms with Gasteiger partial charge in [0.25, 0.3) is 5.56 Å². The van der Waals surface area contributed by atoms with Crippen LogP contribution in [0.25, 0.3) is 22.0 Å². The van der Waals surface area contributed by atoms with Crippen molar-refractivity contribution in [3.63, 3.8) is 0 Å². The molecular formula is C24H23IN6O3S. The lowest BCUT2D eigenvalue weighted by atomic mass is 9.90. The van der Waals surface area contributed by atoms with Crippen LogP contribution in [0.5, 0.6) is 0 Å². The molecule has 180 valence electrons. The summed E-state index contributed by atoms with van der Waals surface area (Å²) in [6.45, 7) is 2.05. The number of nitrogens with one attached hydrogen (secondary N) is 3. The minimum atomic E-state index is -3.93. The van der Waals surface area contributed by atoms with Crippen LogP contribution in [0, 0.1) is 3.57 Å². The van der Waals surface area contributed by atoms with Gasteiger partial charge in [-0.2, -0.15) is 0 Å². The van der Waals surface area contributed by atoms with Crippen molar-refractivity contribution in [3.8, 4) is 11.3 Å². The Morgan fingerprint density at radius 1 is 1.09 bits per heavy atom. The maximum Gasteiger partial charge on any atom is 0.259 e. The number of nitrogens with two attached hydrogens (primary N) is 1. The van der Waals surface area contributed by atoms with E-state index in [0.29, 0.717) is 37.3 Å². The summed E-state index contributed by atoms with van der Waals surface area (Å²) in [5.74, 6) is 0.906. The summed E-state index contributed by atoms with van der Waals surface area (Å²) >= 11 is 2.11. The lowest BCUT2D eigenvalue weighted by Gasteiger charge is -2.23. The second-order valence-electron chi connectivity index (χ2n) is 8.44. The summed E-state index contributed by atoms with van der Waals surface area (Å²) < 4.78 is 24.4. The van der Waals surface area contributed by atoms with Gasteiger partial charge in [0.2, 0.25) is 10.0 Å². The summed E-state index contributed by atoms with van der Waals surface area (Å²) in [6.07, 6.45) is 6.52. The number of piperidine rings is 1. The Hall–Kier alpha value is -2.87. The zero-order valence-electron chi connectivity index (χ0n) is 18.6. The van der Waals surface area contributed by atoms with Crippen molar-refractivity contribution in [2.45, 2.75) is 23.7 Å². The van der Waals surface area contributed by atoms with E-state index in [1.807, 2.05) is 12.1 Å². The molecule has 3 aromatic heterocycles. The number of hydrogen-bond donors (Lipinski definition) is 4. The molecule has 5 rings (SSSR count). The van der Waals surface area contributed by atoms with Crippen LogP contribution in [0.4, 0.5) is 11.5 Å². The van der Waals surface area contributed by atoms with E-state index < -0.39 is 10.0 Å². The molecule has 4 aromatic rings. The Balaban J connectivity index is 1.59. The highest BCUT2D eigenvalue weighted by molar-refractivity contribution is 14.1. The molecule has 4 heterocycles. The van der Waals surface area contributed by atoms with Gasteiger partial charge in [0.05, 0.1) is 11.1 Å². The molecule has 0 radical (unpaired) electrons. The monoisotopic (exact) mass is 602 g/mol. The Morgan fingerprint density at radius 3 is 2.54 bits per heavy atom. The molecule has 1 aliphatic rings. The molecule has 35 heavy (non-hydrogen) atoms. The largest absolute Gasteiger partial charge is 0.340 e. The number of aromatic amines is 1. The molecule has 9 nitrogen and oxygen atoms in total. The minimum absolute atomic E-state index is 0.110. The van der Waals surface area contributed by atoms with E-state index >= 15 is 0 Å². The smallest absolute Gasteiger partial charge is 0.259 e. The summed E-state index contributed by atoms with van der Waals surface area (Å²) in [6, 6.07) is 11.4. The maximum absolute atomic E-state index is 12.8. The number of halogens is 1. The maximum atomic E-state index is 12.8. The third kappa shape index (κ3) is 4.94. The van der Waals surface area contributed by atoms with Crippen molar-refractivity contribution in [2.24, 2.45) is 5.14 Å². The highest BCUT2D eigenvalue weighted by Gasteiger charge is 2.19. The number of fused-ring (bicyclic) bond motifs is 1. The van der Waals surface area contributed by atoms with Crippen LogP contribution in [0.1, 0.15) is 24.3 Å². The van der Waals surface area contributed by atoms with E-state index in [-0.39, 0.29) is 10.5 Å². The zero-order chi connectivity index (χ0) is 24.6. The van der Waals surface area contributed by atoms with E-state index in [0.717, 1.165) is 31.6 Å². The molecule has 11 heteroatoms. The van der Waals surface area contributed by atoms with Gasteiger partial charge in [-0.25, -0.2) is 18.5 Å². The molecule has 1 aliphatic heterocycles. The Bertz CT molecular complexity index is 1560. The number of benzene rings is 1. The molecule has 0 bridgehead atoms. The van der Waals surface area contributed by atoms with Gasteiger partial charge >= 0.3 is 0 Å². The van der Waals surface area contributed by atoms with Crippen molar-refractivity contribution in [1.82, 2.24) is 20.3 Å². The number of anilines is 2. The van der Waals surface area contributed by atoms with E-state index in [1.54, 1.807) is 12.3 Å². The van der Waals surface area contributed by atoms with Gasteiger partial charge in [-0.05, 0) is 84.3 Å². The Morgan fingerprint density at radius 2 is 1.83 bits per heavy atom. The normalized spacial score (nSPS) is 14.8. The lowest BCUT2D eigenvalue weighted by Crippen LogP contribution is -2.26. The van der Waals surface area contributed by atoms with Gasteiger partial charge in [-0.15, -0.1) is 0 Å². The second-order valence-corrected chi connectivity index (χ2v) is 11.1. The van der Waals surface area contributed by atoms with Crippen LogP contribution < -0.4 is 21.3 Å². The van der Waals surface area contributed by atoms with E-state index in [2.05, 4.69) is 55.3 Å². The van der Waals surface area contributed by atoms with E-state index in [4.69, 9.17) is 10.1 Å². The van der Waals surface area contributed by atoms with Gasteiger partial charge in [-0.3, -0.25) is 9.78 Å². The number of primary sulfonamides is 1. The summed E-state index contributed by atoms with van der Waals surface area (Å²) in [7, 11) is -3.93. The molecule has 0 amide bonds. The molecule has 1 aromatic carbocycles. The second kappa shape index (κ2) is 9.64. The number of nitrogens with zero attached hydrogens (tertiary/aromatic N) is 2. The van der Waals surface area contributed by atoms with Gasteiger partial charge in [0.1, 0.15) is 10.7 Å². The van der Waals surface area contributed by atoms with Crippen molar-refractivity contribution >= 4 is 54.9 Å². The van der Waals surface area contributed by atoms with Gasteiger partial charge < -0.3 is 15.6 Å². The zero-order valence-corrected chi connectivity index (χ0v) is 21.6. The topological polar surface area (TPSA) is 143 Å². The molecule has 1 fully saturated rings. The fourth-order valence-corrected chi connectivity index (χ4v) is 5.74. The quantitative estimate of drug-likeness (QED) is 0.257. The number of H-pyrrole nitrogens is 1. The highest BCUT2D eigenvalue weighted by atomic mass is 127. The van der Waals surface area contributed by atoms with E-state index in [9.17, 15) is 13.2 Å². The first kappa shape index (κ1) is 23.9. The molecule has 0 aliphatic carbocycles. The minimum Gasteiger partial charge on any atom is -0.340 e. The number of aromatic nitrogens is 3. The highest BCUT2D eigenvalue weighted by Crippen LogP contribution is 2.34. The summed E-state index contributed by atoms with van der Waals surface area (Å²) in [4.78, 5) is 24.2. The molecule has 5 N–H and O–H groups in total. The number of rotatable bonds is 5. The average Bonchev–Trinajstić information content (AvgIpc) is 2.86. The van der Waals surface area contributed by atoms with Crippen molar-refractivity contribution in [3.05, 3.63) is 74.5 Å². The number of hydrogen-bond acceptors (Lipinski definition) is 7. The third-order valence-corrected chi connectivity index (χ3v) is 8.14. The van der Waals surface area contributed by atoms with Gasteiger partial charge in [-0.1, -0.05) is 12.1 Å². The van der Waals surface area contributed by atoms with Crippen LogP contribution in [0.3, 0.4) is 0 Å². The lowest BCUT2D eigenvalue weighted by molar-refractivity contribution is 0.460. The Kier molecular flexibility index (Phi) is 6.57. The first-order valence-electron chi connectivity index (χ1n) is 11.1. The van der Waals surface area contributed by atoms with Gasteiger partial charge in [0.15, 0.2) is 0 Å². The SMILES string of the molecule is NS(=O)(=O)c1cncc(-c2nc(Nc3ccc(C4CCNCC4)cc3)c3c(=O)[nH]ccc3c2I)c1. The molecule has 0 saturated carbocycles. The van der Waals surface area contributed by atoms with Crippen molar-refractivity contribution in [1.29, 1.82) is 0 Å². The molecule has 0 unspecified atom stereocenters. The van der Waals surface area contributed by atoms with E-state index in [1.165, 1.54) is 24.0 Å². The summed E-state index contributed by atoms with van der Waals surface area (Å²) in [5.41, 5.74) is 2.79. The van der Waals surface area contributed by atoms with Crippen LogP contribution >= 0.6 is 22.6 Å². The molecule has 0 atom stereocenters. The predicted molar refractivity (Wildman–Crippen MR) is 144 cm³/mol. The first-order valence-corrected chi connectivity index (χ1v) is 13.7. The first-order chi connectivity index (χ1) is 16.8. The summed E-state index contributed by atoms with van der Waals surface area (Å²) in [5, 5.41) is 13.1. The number of sulfonamides is 1. The third-order valence-electron chi connectivity index (χ3n) is 6.16. The van der Waals surface area contributed by atoms with Crippen molar-refractivity contribution in [2.75, 3.05) is 18.4 Å². The van der Waals surface area contributed by atoms with Crippen LogP contribution in [0.15, 0.2) is 64.7 Å². The Labute approximate surface area is 215 Å². The average molecular weight is 602 g/mol. The molecule has 0 spiro atoms. The fraction of sp³-hybridized carbons (Fsp3) is 0.208. The van der Waals surface area contributed by atoms with Crippen molar-refractivity contribution < 1.29 is 8.42 Å². The standard InChI is InChI=1S/C24H23IN6O3S/c25-21-19-7-10-29-24(32)20(19)23(31-22(21)16-11-18(13-28-12-16)35(26,33)34)30-17-3-1-14(2-4-17)15-5-8-27-9-6-15/h1-4,7,10-13,15,27H,5-6,8-9H2,(H,29,32)(H,30,31)(H2,26,33,34).